The lowest BCUT2D eigenvalue weighted by atomic mass is 9.63. The monoisotopic (exact) mass is 371 g/mol. The topological polar surface area (TPSA) is 47.6 Å². The first kappa shape index (κ1) is 17.2. The van der Waals surface area contributed by atoms with E-state index >= 15 is 0 Å². The van der Waals surface area contributed by atoms with Crippen molar-refractivity contribution in [1.82, 2.24) is 5.32 Å². The molecule has 1 aliphatic heterocycles. The van der Waals surface area contributed by atoms with Crippen molar-refractivity contribution in [2.45, 2.75) is 37.6 Å². The number of amides is 1. The molecule has 1 fully saturated rings. The highest BCUT2D eigenvalue weighted by atomic mass is 35.5. The van der Waals surface area contributed by atoms with Gasteiger partial charge in [-0.25, -0.2) is 0 Å². The predicted molar refractivity (Wildman–Crippen MR) is 101 cm³/mol. The third kappa shape index (κ3) is 3.03. The number of ether oxygens (including phenoxy) is 2. The van der Waals surface area contributed by atoms with E-state index in [0.29, 0.717) is 18.2 Å². The number of carbonyl (C=O) groups excluding carboxylic acids is 1. The van der Waals surface area contributed by atoms with Gasteiger partial charge in [-0.15, -0.1) is 0 Å². The van der Waals surface area contributed by atoms with Crippen LogP contribution in [0.25, 0.3) is 0 Å². The highest BCUT2D eigenvalue weighted by molar-refractivity contribution is 6.30. The second-order valence-corrected chi connectivity index (χ2v) is 7.48. The number of hydrogen-bond acceptors (Lipinski definition) is 3. The third-order valence-corrected chi connectivity index (χ3v) is 5.70. The summed E-state index contributed by atoms with van der Waals surface area (Å²) in [4.78, 5) is 13.1. The Balaban J connectivity index is 1.52. The second-order valence-electron chi connectivity index (χ2n) is 7.04. The van der Waals surface area contributed by atoms with Crippen molar-refractivity contribution in [2.75, 3.05) is 13.2 Å². The molecule has 5 heteroatoms. The quantitative estimate of drug-likeness (QED) is 0.865. The molecule has 0 saturated heterocycles. The van der Waals surface area contributed by atoms with Crippen molar-refractivity contribution in [3.05, 3.63) is 58.6 Å². The van der Waals surface area contributed by atoms with Gasteiger partial charge in [0, 0.05) is 5.02 Å². The lowest BCUT2D eigenvalue weighted by molar-refractivity contribution is -0.130. The summed E-state index contributed by atoms with van der Waals surface area (Å²) < 4.78 is 11.2. The fraction of sp³-hybridized carbons (Fsp3) is 0.381. The van der Waals surface area contributed by atoms with Gasteiger partial charge >= 0.3 is 0 Å². The van der Waals surface area contributed by atoms with Gasteiger partial charge in [0.25, 0.3) is 0 Å². The second kappa shape index (κ2) is 6.84. The molecule has 4 rings (SSSR count). The van der Waals surface area contributed by atoms with Gasteiger partial charge in [0.1, 0.15) is 13.2 Å². The van der Waals surface area contributed by atoms with Gasteiger partial charge in [-0.3, -0.25) is 4.79 Å². The summed E-state index contributed by atoms with van der Waals surface area (Å²) >= 11 is 6.00. The van der Waals surface area contributed by atoms with Gasteiger partial charge in [0.2, 0.25) is 5.91 Å². The van der Waals surface area contributed by atoms with Crippen LogP contribution in [-0.4, -0.2) is 19.1 Å². The smallest absolute Gasteiger partial charge is 0.231 e. The van der Waals surface area contributed by atoms with Crippen LogP contribution in [0.1, 0.15) is 43.4 Å². The van der Waals surface area contributed by atoms with Crippen LogP contribution in [0.3, 0.4) is 0 Å². The SMILES string of the molecule is CC(NC(=O)C1(c2ccc(Cl)cc2)CCC1)c1ccc2c(c1)OCCO2. The summed E-state index contributed by atoms with van der Waals surface area (Å²) in [6, 6.07) is 13.4. The molecule has 1 amide bonds. The Labute approximate surface area is 158 Å². The van der Waals surface area contributed by atoms with Gasteiger partial charge < -0.3 is 14.8 Å². The largest absolute Gasteiger partial charge is 0.486 e. The van der Waals surface area contributed by atoms with Crippen LogP contribution in [0.15, 0.2) is 42.5 Å². The normalized spacial score (nSPS) is 18.5. The molecule has 1 atom stereocenters. The van der Waals surface area contributed by atoms with Crippen LogP contribution in [0.5, 0.6) is 11.5 Å². The van der Waals surface area contributed by atoms with Crippen LogP contribution in [0.2, 0.25) is 5.02 Å². The minimum atomic E-state index is -0.438. The summed E-state index contributed by atoms with van der Waals surface area (Å²) in [5.41, 5.74) is 1.61. The lowest BCUT2D eigenvalue weighted by Crippen LogP contribution is -2.49. The van der Waals surface area contributed by atoms with Gasteiger partial charge in [0.15, 0.2) is 11.5 Å². The van der Waals surface area contributed by atoms with Crippen LogP contribution in [0, 0.1) is 0 Å². The molecule has 2 aliphatic rings. The zero-order valence-corrected chi connectivity index (χ0v) is 15.5. The summed E-state index contributed by atoms with van der Waals surface area (Å²) in [6.45, 7) is 3.12. The number of carbonyl (C=O) groups is 1. The van der Waals surface area contributed by atoms with Crippen molar-refractivity contribution in [3.8, 4) is 11.5 Å². The van der Waals surface area contributed by atoms with E-state index in [9.17, 15) is 4.79 Å². The van der Waals surface area contributed by atoms with Crippen LogP contribution in [0.4, 0.5) is 0 Å². The van der Waals surface area contributed by atoms with E-state index in [1.807, 2.05) is 49.4 Å². The molecule has 4 nitrogen and oxygen atoms in total. The average Bonchev–Trinajstić information content (AvgIpc) is 2.62. The van der Waals surface area contributed by atoms with Crippen molar-refractivity contribution >= 4 is 17.5 Å². The first-order valence-electron chi connectivity index (χ1n) is 9.05. The van der Waals surface area contributed by atoms with E-state index in [1.54, 1.807) is 0 Å². The van der Waals surface area contributed by atoms with E-state index in [0.717, 1.165) is 41.9 Å². The molecular formula is C21H22ClNO3. The number of fused-ring (bicyclic) bond motifs is 1. The van der Waals surface area contributed by atoms with Crippen molar-refractivity contribution in [2.24, 2.45) is 0 Å². The standard InChI is InChI=1S/C21H22ClNO3/c1-14(15-3-8-18-19(13-15)26-12-11-25-18)23-20(24)21(9-2-10-21)16-4-6-17(22)7-5-16/h3-8,13-14H,2,9-12H2,1H3,(H,23,24). The van der Waals surface area contributed by atoms with Crippen LogP contribution >= 0.6 is 11.6 Å². The van der Waals surface area contributed by atoms with Crippen molar-refractivity contribution < 1.29 is 14.3 Å². The molecule has 1 N–H and O–H groups in total. The van der Waals surface area contributed by atoms with Crippen LogP contribution in [-0.2, 0) is 10.2 Å². The maximum Gasteiger partial charge on any atom is 0.231 e. The molecule has 0 aromatic heterocycles. The minimum absolute atomic E-state index is 0.0773. The fourth-order valence-corrected chi connectivity index (χ4v) is 3.82. The zero-order chi connectivity index (χ0) is 18.1. The molecule has 1 unspecified atom stereocenters. The van der Waals surface area contributed by atoms with Gasteiger partial charge in [-0.1, -0.05) is 36.2 Å². The maximum absolute atomic E-state index is 13.1. The third-order valence-electron chi connectivity index (χ3n) is 5.45. The molecular weight excluding hydrogens is 350 g/mol. The van der Waals surface area contributed by atoms with Gasteiger partial charge in [-0.05, 0) is 55.2 Å². The number of rotatable bonds is 4. The summed E-state index contributed by atoms with van der Waals surface area (Å²) in [7, 11) is 0. The van der Waals surface area contributed by atoms with Crippen molar-refractivity contribution in [1.29, 1.82) is 0 Å². The highest BCUT2D eigenvalue weighted by Crippen LogP contribution is 2.44. The maximum atomic E-state index is 13.1. The Morgan fingerprint density at radius 1 is 1.08 bits per heavy atom. The first-order chi connectivity index (χ1) is 12.6. The highest BCUT2D eigenvalue weighted by Gasteiger charge is 2.45. The van der Waals surface area contributed by atoms with Gasteiger partial charge in [0.05, 0.1) is 11.5 Å². The lowest BCUT2D eigenvalue weighted by Gasteiger charge is -2.41. The molecule has 0 bridgehead atoms. The molecule has 136 valence electrons. The fourth-order valence-electron chi connectivity index (χ4n) is 3.69. The average molecular weight is 372 g/mol. The predicted octanol–water partition coefficient (Wildman–Crippen LogP) is 4.41. The molecule has 26 heavy (non-hydrogen) atoms. The summed E-state index contributed by atoms with van der Waals surface area (Å²) in [5, 5.41) is 3.88. The number of hydrogen-bond donors (Lipinski definition) is 1. The number of nitrogens with one attached hydrogen (secondary N) is 1. The summed E-state index contributed by atoms with van der Waals surface area (Å²) in [6.07, 6.45) is 2.80. The summed E-state index contributed by atoms with van der Waals surface area (Å²) in [5.74, 6) is 1.58. The number of halogens is 1. The van der Waals surface area contributed by atoms with E-state index in [4.69, 9.17) is 21.1 Å². The zero-order valence-electron chi connectivity index (χ0n) is 14.8. The molecule has 1 aliphatic carbocycles. The Hall–Kier alpha value is -2.20. The first-order valence-corrected chi connectivity index (χ1v) is 9.43. The Bertz CT molecular complexity index is 815. The van der Waals surface area contributed by atoms with E-state index in [2.05, 4.69) is 5.32 Å². The molecule has 1 saturated carbocycles. The van der Waals surface area contributed by atoms with Gasteiger partial charge in [-0.2, -0.15) is 0 Å². The minimum Gasteiger partial charge on any atom is -0.486 e. The molecule has 0 spiro atoms. The molecule has 2 aromatic rings. The molecule has 2 aromatic carbocycles. The Morgan fingerprint density at radius 2 is 1.77 bits per heavy atom. The van der Waals surface area contributed by atoms with Crippen molar-refractivity contribution in [3.63, 3.8) is 0 Å². The van der Waals surface area contributed by atoms with E-state index < -0.39 is 5.41 Å². The molecule has 0 radical (unpaired) electrons. The number of benzene rings is 2. The van der Waals surface area contributed by atoms with E-state index in [1.165, 1.54) is 0 Å². The Morgan fingerprint density at radius 3 is 2.42 bits per heavy atom. The van der Waals surface area contributed by atoms with E-state index in [-0.39, 0.29) is 11.9 Å². The Kier molecular flexibility index (Phi) is 4.53. The van der Waals surface area contributed by atoms with Crippen LogP contribution < -0.4 is 14.8 Å². The molecule has 1 heterocycles.